The minimum Gasteiger partial charge on any atom is -0.337 e. The molecule has 1 aliphatic heterocycles. The average molecular weight is 214 g/mol. The number of aryl methyl sites for hydroxylation is 1. The molecule has 1 aromatic carbocycles. The standard InChI is InChI=1S/C13H14N2O/c1-2-9-10-5-3-4-6-11(10)15-12(9)7-8-14-13(15)16/h3-6H,2,7-8H2,1H3,(H,14,16). The van der Waals surface area contributed by atoms with Crippen LogP contribution in [0, 0.1) is 0 Å². The zero-order valence-electron chi connectivity index (χ0n) is 9.29. The molecule has 0 aliphatic carbocycles. The molecule has 0 fully saturated rings. The monoisotopic (exact) mass is 214 g/mol. The summed E-state index contributed by atoms with van der Waals surface area (Å²) in [5.74, 6) is 0. The number of rotatable bonds is 1. The zero-order valence-corrected chi connectivity index (χ0v) is 9.29. The molecule has 0 bridgehead atoms. The molecule has 2 heterocycles. The molecular formula is C13H14N2O. The van der Waals surface area contributed by atoms with Gasteiger partial charge in [0, 0.05) is 24.0 Å². The lowest BCUT2D eigenvalue weighted by molar-refractivity contribution is 0.240. The van der Waals surface area contributed by atoms with Crippen LogP contribution in [0.1, 0.15) is 18.2 Å². The normalized spacial score (nSPS) is 14.9. The molecule has 0 radical (unpaired) electrons. The molecule has 1 amide bonds. The van der Waals surface area contributed by atoms with Crippen LogP contribution in [0.5, 0.6) is 0 Å². The number of hydrogen-bond donors (Lipinski definition) is 1. The summed E-state index contributed by atoms with van der Waals surface area (Å²) in [6.07, 6.45) is 1.92. The van der Waals surface area contributed by atoms with E-state index in [4.69, 9.17) is 0 Å². The van der Waals surface area contributed by atoms with Crippen LogP contribution in [0.3, 0.4) is 0 Å². The van der Waals surface area contributed by atoms with E-state index >= 15 is 0 Å². The highest BCUT2D eigenvalue weighted by atomic mass is 16.2. The fourth-order valence-electron chi connectivity index (χ4n) is 2.62. The lowest BCUT2D eigenvalue weighted by Gasteiger charge is -2.17. The number of amides is 1. The molecule has 0 atom stereocenters. The molecule has 0 unspecified atom stereocenters. The van der Waals surface area contributed by atoms with E-state index < -0.39 is 0 Å². The fourth-order valence-corrected chi connectivity index (χ4v) is 2.62. The molecule has 1 aliphatic rings. The van der Waals surface area contributed by atoms with Gasteiger partial charge >= 0.3 is 6.03 Å². The molecule has 82 valence electrons. The van der Waals surface area contributed by atoms with Gasteiger partial charge in [-0.15, -0.1) is 0 Å². The number of nitrogens with zero attached hydrogens (tertiary/aromatic N) is 1. The number of nitrogens with one attached hydrogen (secondary N) is 1. The van der Waals surface area contributed by atoms with Gasteiger partial charge in [-0.1, -0.05) is 25.1 Å². The van der Waals surface area contributed by atoms with Gasteiger partial charge in [-0.3, -0.25) is 4.57 Å². The first-order valence-corrected chi connectivity index (χ1v) is 5.72. The van der Waals surface area contributed by atoms with Crippen LogP contribution in [-0.2, 0) is 12.8 Å². The number of fused-ring (bicyclic) bond motifs is 3. The van der Waals surface area contributed by atoms with Crippen molar-refractivity contribution < 1.29 is 4.79 Å². The first-order chi connectivity index (χ1) is 7.83. The number of carbonyl (C=O) groups excluding carboxylic acids is 1. The summed E-state index contributed by atoms with van der Waals surface area (Å²) < 4.78 is 1.83. The molecule has 0 spiro atoms. The number of carbonyl (C=O) groups is 1. The Hall–Kier alpha value is -1.77. The summed E-state index contributed by atoms with van der Waals surface area (Å²) in [5, 5.41) is 4.11. The van der Waals surface area contributed by atoms with Crippen LogP contribution in [0.4, 0.5) is 4.79 Å². The van der Waals surface area contributed by atoms with Gasteiger partial charge < -0.3 is 5.32 Å². The highest BCUT2D eigenvalue weighted by molar-refractivity contribution is 5.96. The third kappa shape index (κ3) is 1.11. The largest absolute Gasteiger partial charge is 0.337 e. The topological polar surface area (TPSA) is 34.0 Å². The van der Waals surface area contributed by atoms with E-state index in [1.807, 2.05) is 22.8 Å². The predicted molar refractivity (Wildman–Crippen MR) is 63.8 cm³/mol. The van der Waals surface area contributed by atoms with Gasteiger partial charge in [-0.25, -0.2) is 4.79 Å². The van der Waals surface area contributed by atoms with Crippen molar-refractivity contribution >= 4 is 16.9 Å². The maximum absolute atomic E-state index is 11.9. The van der Waals surface area contributed by atoms with E-state index in [0.717, 1.165) is 24.9 Å². The molecule has 0 saturated carbocycles. The maximum Gasteiger partial charge on any atom is 0.326 e. The van der Waals surface area contributed by atoms with Crippen LogP contribution in [0.25, 0.3) is 10.9 Å². The molecule has 3 nitrogen and oxygen atoms in total. The smallest absolute Gasteiger partial charge is 0.326 e. The van der Waals surface area contributed by atoms with Gasteiger partial charge in [0.1, 0.15) is 0 Å². The van der Waals surface area contributed by atoms with Crippen LogP contribution in [0.2, 0.25) is 0 Å². The third-order valence-corrected chi connectivity index (χ3v) is 3.28. The van der Waals surface area contributed by atoms with Gasteiger partial charge in [0.05, 0.1) is 5.52 Å². The van der Waals surface area contributed by atoms with Gasteiger partial charge in [0.2, 0.25) is 0 Å². The molecule has 1 N–H and O–H groups in total. The van der Waals surface area contributed by atoms with E-state index in [1.54, 1.807) is 0 Å². The van der Waals surface area contributed by atoms with Gasteiger partial charge in [-0.2, -0.15) is 0 Å². The first kappa shape index (κ1) is 9.46. The van der Waals surface area contributed by atoms with E-state index in [9.17, 15) is 4.79 Å². The maximum atomic E-state index is 11.9. The zero-order chi connectivity index (χ0) is 11.1. The van der Waals surface area contributed by atoms with Crippen LogP contribution in [-0.4, -0.2) is 17.1 Å². The van der Waals surface area contributed by atoms with Gasteiger partial charge in [0.25, 0.3) is 0 Å². The Morgan fingerprint density at radius 3 is 3.00 bits per heavy atom. The Kier molecular flexibility index (Phi) is 1.99. The Morgan fingerprint density at radius 1 is 1.38 bits per heavy atom. The van der Waals surface area contributed by atoms with Crippen molar-refractivity contribution in [2.75, 3.05) is 6.54 Å². The van der Waals surface area contributed by atoms with Gasteiger partial charge in [0.15, 0.2) is 0 Å². The van der Waals surface area contributed by atoms with Crippen molar-refractivity contribution in [2.45, 2.75) is 19.8 Å². The molecule has 3 heteroatoms. The second kappa shape index (κ2) is 3.37. The number of hydrogen-bond acceptors (Lipinski definition) is 1. The number of aromatic nitrogens is 1. The average Bonchev–Trinajstić information content (AvgIpc) is 2.64. The molecular weight excluding hydrogens is 200 g/mol. The Morgan fingerprint density at radius 2 is 2.19 bits per heavy atom. The van der Waals surface area contributed by atoms with Crippen molar-refractivity contribution in [1.29, 1.82) is 0 Å². The summed E-state index contributed by atoms with van der Waals surface area (Å²) in [6, 6.07) is 8.15. The second-order valence-electron chi connectivity index (χ2n) is 4.11. The Bertz CT molecular complexity index is 569. The summed E-state index contributed by atoms with van der Waals surface area (Å²) in [7, 11) is 0. The summed E-state index contributed by atoms with van der Waals surface area (Å²) in [5.41, 5.74) is 3.55. The quantitative estimate of drug-likeness (QED) is 0.776. The summed E-state index contributed by atoms with van der Waals surface area (Å²) in [6.45, 7) is 2.90. The SMILES string of the molecule is CCc1c2n(c3ccccc13)C(=O)NCC2. The van der Waals surface area contributed by atoms with Crippen molar-refractivity contribution in [2.24, 2.45) is 0 Å². The summed E-state index contributed by atoms with van der Waals surface area (Å²) >= 11 is 0. The van der Waals surface area contributed by atoms with Crippen LogP contribution >= 0.6 is 0 Å². The lowest BCUT2D eigenvalue weighted by atomic mass is 10.1. The molecule has 1 aromatic heterocycles. The number of para-hydroxylation sites is 1. The molecule has 0 saturated heterocycles. The van der Waals surface area contributed by atoms with Crippen molar-refractivity contribution in [3.05, 3.63) is 35.5 Å². The Labute approximate surface area is 94.1 Å². The first-order valence-electron chi connectivity index (χ1n) is 5.72. The molecule has 3 rings (SSSR count). The molecule has 2 aromatic rings. The van der Waals surface area contributed by atoms with Crippen LogP contribution in [0.15, 0.2) is 24.3 Å². The molecule has 16 heavy (non-hydrogen) atoms. The van der Waals surface area contributed by atoms with Crippen molar-refractivity contribution in [3.8, 4) is 0 Å². The predicted octanol–water partition coefficient (Wildman–Crippen LogP) is 2.32. The third-order valence-electron chi connectivity index (χ3n) is 3.28. The minimum absolute atomic E-state index is 0.0113. The second-order valence-corrected chi connectivity index (χ2v) is 4.11. The summed E-state index contributed by atoms with van der Waals surface area (Å²) in [4.78, 5) is 11.9. The van der Waals surface area contributed by atoms with Gasteiger partial charge in [-0.05, 0) is 18.1 Å². The minimum atomic E-state index is 0.0113. The Balaban J connectivity index is 2.43. The van der Waals surface area contributed by atoms with E-state index in [-0.39, 0.29) is 6.03 Å². The van der Waals surface area contributed by atoms with Crippen LogP contribution < -0.4 is 5.32 Å². The van der Waals surface area contributed by atoms with Crippen molar-refractivity contribution in [3.63, 3.8) is 0 Å². The fraction of sp³-hybridized carbons (Fsp3) is 0.308. The van der Waals surface area contributed by atoms with Crippen molar-refractivity contribution in [1.82, 2.24) is 9.88 Å². The highest BCUT2D eigenvalue weighted by Gasteiger charge is 2.22. The van der Waals surface area contributed by atoms with E-state index in [2.05, 4.69) is 18.3 Å². The van der Waals surface area contributed by atoms with E-state index in [0.29, 0.717) is 0 Å². The van der Waals surface area contributed by atoms with E-state index in [1.165, 1.54) is 16.6 Å². The highest BCUT2D eigenvalue weighted by Crippen LogP contribution is 2.28. The number of benzene rings is 1. The lowest BCUT2D eigenvalue weighted by Crippen LogP contribution is -2.36.